The van der Waals surface area contributed by atoms with E-state index in [2.05, 4.69) is 15.5 Å². The maximum Gasteiger partial charge on any atom is 0.264 e. The summed E-state index contributed by atoms with van der Waals surface area (Å²) in [5, 5.41) is 7.11. The lowest BCUT2D eigenvalue weighted by atomic mass is 10.2. The van der Waals surface area contributed by atoms with E-state index in [-0.39, 0.29) is 11.5 Å². The minimum absolute atomic E-state index is 0.141. The van der Waals surface area contributed by atoms with E-state index in [0.717, 1.165) is 0 Å². The van der Waals surface area contributed by atoms with E-state index in [4.69, 9.17) is 9.26 Å². The van der Waals surface area contributed by atoms with Crippen molar-refractivity contribution in [1.29, 1.82) is 0 Å². The van der Waals surface area contributed by atoms with Crippen LogP contribution in [0.1, 0.15) is 18.7 Å². The average molecular weight is 263 g/mol. The predicted octanol–water partition coefficient (Wildman–Crippen LogP) is 2.14. The fourth-order valence-electron chi connectivity index (χ4n) is 1.83. The summed E-state index contributed by atoms with van der Waals surface area (Å²) in [4.78, 5) is 4.19. The zero-order valence-electron chi connectivity index (χ0n) is 10.5. The van der Waals surface area contributed by atoms with E-state index in [1.807, 2.05) is 0 Å². The lowest BCUT2D eigenvalue weighted by Gasteiger charge is -2.04. The first kappa shape index (κ1) is 12.1. The van der Waals surface area contributed by atoms with Crippen LogP contribution in [0.15, 0.2) is 22.7 Å². The van der Waals surface area contributed by atoms with Crippen LogP contribution in [0.4, 0.5) is 4.39 Å². The molecule has 1 aliphatic rings. The Morgan fingerprint density at radius 2 is 2.32 bits per heavy atom. The van der Waals surface area contributed by atoms with Gasteiger partial charge in [0.05, 0.1) is 13.7 Å². The minimum Gasteiger partial charge on any atom is -0.496 e. The van der Waals surface area contributed by atoms with E-state index in [0.29, 0.717) is 24.2 Å². The summed E-state index contributed by atoms with van der Waals surface area (Å²) in [6.07, 6.45) is 2.37. The second-order valence-corrected chi connectivity index (χ2v) is 4.49. The van der Waals surface area contributed by atoms with Crippen LogP contribution in [0.2, 0.25) is 0 Å². The highest BCUT2D eigenvalue weighted by Crippen LogP contribution is 2.31. The summed E-state index contributed by atoms with van der Waals surface area (Å²) in [5.41, 5.74) is 0.204. The molecule has 0 saturated heterocycles. The van der Waals surface area contributed by atoms with Crippen LogP contribution in [0, 0.1) is 5.82 Å². The molecule has 1 aromatic carbocycles. The van der Waals surface area contributed by atoms with Crippen molar-refractivity contribution < 1.29 is 13.7 Å². The molecule has 100 valence electrons. The van der Waals surface area contributed by atoms with Crippen molar-refractivity contribution in [2.75, 3.05) is 7.11 Å². The van der Waals surface area contributed by atoms with Gasteiger partial charge in [-0.05, 0) is 25.0 Å². The number of nitrogens with one attached hydrogen (secondary N) is 1. The molecular formula is C13H14FN3O2. The molecule has 0 aliphatic heterocycles. The quantitative estimate of drug-likeness (QED) is 0.895. The number of hydrogen-bond donors (Lipinski definition) is 1. The average Bonchev–Trinajstić information content (AvgIpc) is 3.14. The molecular weight excluding hydrogens is 249 g/mol. The lowest BCUT2D eigenvalue weighted by molar-refractivity contribution is 0.397. The van der Waals surface area contributed by atoms with E-state index < -0.39 is 5.82 Å². The molecule has 3 rings (SSSR count). The Bertz CT molecular complexity index is 581. The van der Waals surface area contributed by atoms with E-state index in [9.17, 15) is 4.39 Å². The third-order valence-electron chi connectivity index (χ3n) is 3.00. The molecule has 1 N–H and O–H groups in total. The van der Waals surface area contributed by atoms with Gasteiger partial charge >= 0.3 is 0 Å². The summed E-state index contributed by atoms with van der Waals surface area (Å²) in [6.45, 7) is 0.533. The van der Waals surface area contributed by atoms with Crippen LogP contribution in [0.25, 0.3) is 11.5 Å². The van der Waals surface area contributed by atoms with Crippen LogP contribution in [0.3, 0.4) is 0 Å². The first-order valence-electron chi connectivity index (χ1n) is 6.17. The molecule has 1 fully saturated rings. The number of rotatable bonds is 5. The number of aromatic nitrogens is 2. The van der Waals surface area contributed by atoms with Crippen LogP contribution < -0.4 is 10.1 Å². The Balaban J connectivity index is 1.84. The predicted molar refractivity (Wildman–Crippen MR) is 66.1 cm³/mol. The van der Waals surface area contributed by atoms with Crippen molar-refractivity contribution >= 4 is 0 Å². The fourth-order valence-corrected chi connectivity index (χ4v) is 1.83. The number of nitrogens with zero attached hydrogens (tertiary/aromatic N) is 2. The molecule has 0 spiro atoms. The molecule has 0 bridgehead atoms. The van der Waals surface area contributed by atoms with E-state index >= 15 is 0 Å². The fraction of sp³-hybridized carbons (Fsp3) is 0.385. The highest BCUT2D eigenvalue weighted by molar-refractivity contribution is 5.63. The molecule has 6 heteroatoms. The van der Waals surface area contributed by atoms with E-state index in [1.165, 1.54) is 26.0 Å². The maximum absolute atomic E-state index is 13.8. The van der Waals surface area contributed by atoms with E-state index in [1.54, 1.807) is 12.1 Å². The second-order valence-electron chi connectivity index (χ2n) is 4.49. The topological polar surface area (TPSA) is 60.2 Å². The first-order chi connectivity index (χ1) is 9.28. The standard InChI is InChI=1S/C13H14FN3O2/c1-18-10-4-2-3-9(14)12(10)13-16-11(17-19-13)7-15-8-5-6-8/h2-4,8,15H,5-7H2,1H3. The van der Waals surface area contributed by atoms with Crippen molar-refractivity contribution in [3.8, 4) is 17.2 Å². The highest BCUT2D eigenvalue weighted by Gasteiger charge is 2.22. The molecule has 2 aromatic rings. The second kappa shape index (κ2) is 4.97. The number of halogens is 1. The zero-order chi connectivity index (χ0) is 13.2. The molecule has 0 radical (unpaired) electrons. The highest BCUT2D eigenvalue weighted by atomic mass is 19.1. The number of ether oxygens (including phenoxy) is 1. The molecule has 1 aromatic heterocycles. The van der Waals surface area contributed by atoms with Gasteiger partial charge in [-0.2, -0.15) is 4.98 Å². The van der Waals surface area contributed by atoms with Gasteiger partial charge < -0.3 is 14.6 Å². The molecule has 5 nitrogen and oxygen atoms in total. The molecule has 1 aliphatic carbocycles. The van der Waals surface area contributed by atoms with Crippen LogP contribution in [-0.4, -0.2) is 23.3 Å². The van der Waals surface area contributed by atoms with Crippen molar-refractivity contribution in [3.63, 3.8) is 0 Å². The van der Waals surface area contributed by atoms with Crippen LogP contribution in [0.5, 0.6) is 5.75 Å². The van der Waals surface area contributed by atoms with Gasteiger partial charge in [-0.15, -0.1) is 0 Å². The Morgan fingerprint density at radius 1 is 1.47 bits per heavy atom. The van der Waals surface area contributed by atoms with Crippen molar-refractivity contribution in [2.45, 2.75) is 25.4 Å². The zero-order valence-corrected chi connectivity index (χ0v) is 10.5. The van der Waals surface area contributed by atoms with Gasteiger partial charge in [0.25, 0.3) is 5.89 Å². The van der Waals surface area contributed by atoms with Crippen LogP contribution in [-0.2, 0) is 6.54 Å². The SMILES string of the molecule is COc1cccc(F)c1-c1nc(CNC2CC2)no1. The Morgan fingerprint density at radius 3 is 3.05 bits per heavy atom. The van der Waals surface area contributed by atoms with Gasteiger partial charge in [0.2, 0.25) is 0 Å². The Labute approximate surface area is 109 Å². The summed E-state index contributed by atoms with van der Waals surface area (Å²) in [7, 11) is 1.48. The van der Waals surface area contributed by atoms with Crippen molar-refractivity contribution in [3.05, 3.63) is 29.8 Å². The van der Waals surface area contributed by atoms with Gasteiger partial charge in [0, 0.05) is 6.04 Å². The Hall–Kier alpha value is -1.95. The third kappa shape index (κ3) is 2.58. The largest absolute Gasteiger partial charge is 0.496 e. The number of benzene rings is 1. The molecule has 1 heterocycles. The van der Waals surface area contributed by atoms with Gasteiger partial charge in [-0.25, -0.2) is 4.39 Å². The summed E-state index contributed by atoms with van der Waals surface area (Å²) in [6, 6.07) is 5.13. The number of methoxy groups -OCH3 is 1. The molecule has 0 atom stereocenters. The van der Waals surface area contributed by atoms with Gasteiger partial charge in [-0.3, -0.25) is 0 Å². The maximum atomic E-state index is 13.8. The van der Waals surface area contributed by atoms with Gasteiger partial charge in [0.1, 0.15) is 17.1 Å². The third-order valence-corrected chi connectivity index (χ3v) is 3.00. The lowest BCUT2D eigenvalue weighted by Crippen LogP contribution is -2.16. The molecule has 19 heavy (non-hydrogen) atoms. The Kier molecular flexibility index (Phi) is 3.16. The summed E-state index contributed by atoms with van der Waals surface area (Å²) >= 11 is 0. The van der Waals surface area contributed by atoms with Gasteiger partial charge in [0.15, 0.2) is 5.82 Å². The van der Waals surface area contributed by atoms with Crippen LogP contribution >= 0.6 is 0 Å². The number of hydrogen-bond acceptors (Lipinski definition) is 5. The van der Waals surface area contributed by atoms with Crippen molar-refractivity contribution in [1.82, 2.24) is 15.5 Å². The molecule has 0 unspecified atom stereocenters. The van der Waals surface area contributed by atoms with Crippen molar-refractivity contribution in [2.24, 2.45) is 0 Å². The summed E-state index contributed by atoms with van der Waals surface area (Å²) in [5.74, 6) is 0.602. The smallest absolute Gasteiger partial charge is 0.264 e. The minimum atomic E-state index is -0.440. The first-order valence-corrected chi connectivity index (χ1v) is 6.17. The van der Waals surface area contributed by atoms with Gasteiger partial charge in [-0.1, -0.05) is 11.2 Å². The summed E-state index contributed by atoms with van der Waals surface area (Å²) < 4.78 is 24.1. The molecule has 1 saturated carbocycles. The normalized spacial score (nSPS) is 14.6. The molecule has 0 amide bonds. The monoisotopic (exact) mass is 263 g/mol.